The van der Waals surface area contributed by atoms with Gasteiger partial charge in [-0.1, -0.05) is 43.3 Å². The second kappa shape index (κ2) is 9.01. The van der Waals surface area contributed by atoms with Gasteiger partial charge in [-0.2, -0.15) is 0 Å². The molecule has 20 heavy (non-hydrogen) atoms. The summed E-state index contributed by atoms with van der Waals surface area (Å²) >= 11 is 0. The molecule has 6 heteroatoms. The largest absolute Gasteiger partial charge is 0.529 e. The highest BCUT2D eigenvalue weighted by Gasteiger charge is 2.36. The zero-order chi connectivity index (χ0) is 14.8. The van der Waals surface area contributed by atoms with E-state index in [1.54, 1.807) is 14.2 Å². The van der Waals surface area contributed by atoms with E-state index in [4.69, 9.17) is 19.0 Å². The lowest BCUT2D eigenvalue weighted by molar-refractivity contribution is 0.102. The van der Waals surface area contributed by atoms with Gasteiger partial charge in [0.2, 0.25) is 0 Å². The van der Waals surface area contributed by atoms with E-state index in [1.165, 1.54) is 0 Å². The Morgan fingerprint density at radius 3 is 2.45 bits per heavy atom. The fourth-order valence-electron chi connectivity index (χ4n) is 1.67. The molecule has 1 aromatic rings. The summed E-state index contributed by atoms with van der Waals surface area (Å²) in [4.78, 5) is 0. The van der Waals surface area contributed by atoms with E-state index in [0.717, 1.165) is 12.1 Å². The van der Waals surface area contributed by atoms with Crippen molar-refractivity contribution in [2.75, 3.05) is 27.4 Å². The van der Waals surface area contributed by atoms with Gasteiger partial charge in [-0.15, -0.1) is 0 Å². The lowest BCUT2D eigenvalue weighted by Gasteiger charge is -2.25. The monoisotopic (exact) mass is 296 g/mol. The molecule has 0 aliphatic heterocycles. The van der Waals surface area contributed by atoms with Crippen LogP contribution in [0.5, 0.6) is 0 Å². The first-order valence-electron chi connectivity index (χ1n) is 6.63. The molecule has 0 aliphatic rings. The van der Waals surface area contributed by atoms with Crippen LogP contribution in [-0.4, -0.2) is 42.3 Å². The molecule has 0 spiro atoms. The van der Waals surface area contributed by atoms with Gasteiger partial charge < -0.3 is 24.3 Å². The summed E-state index contributed by atoms with van der Waals surface area (Å²) in [5, 5.41) is 3.08. The van der Waals surface area contributed by atoms with Crippen LogP contribution in [0, 0.1) is 0 Å². The summed E-state index contributed by atoms with van der Waals surface area (Å²) in [6.45, 7) is 3.12. The van der Waals surface area contributed by atoms with Crippen LogP contribution in [0.3, 0.4) is 0 Å². The third-order valence-corrected chi connectivity index (χ3v) is 5.06. The number of likely N-dealkylation sites (N-methyl/N-ethyl adjacent to an activating group) is 1. The number of rotatable bonds is 9. The molecule has 0 saturated carbocycles. The SMILES string of the molecule is CCNC(N)CO[Si](C=Cc1ccccc1)(OC)OC. The lowest BCUT2D eigenvalue weighted by Crippen LogP contribution is -2.49. The number of nitrogens with two attached hydrogens (primary N) is 1. The Bertz CT molecular complexity index is 397. The van der Waals surface area contributed by atoms with E-state index < -0.39 is 8.80 Å². The maximum atomic E-state index is 5.86. The van der Waals surface area contributed by atoms with Crippen molar-refractivity contribution in [2.45, 2.75) is 13.1 Å². The predicted molar refractivity (Wildman–Crippen MR) is 82.9 cm³/mol. The van der Waals surface area contributed by atoms with Crippen molar-refractivity contribution in [2.24, 2.45) is 5.73 Å². The van der Waals surface area contributed by atoms with E-state index in [-0.39, 0.29) is 6.17 Å². The Morgan fingerprint density at radius 1 is 1.25 bits per heavy atom. The molecule has 112 valence electrons. The van der Waals surface area contributed by atoms with E-state index in [9.17, 15) is 0 Å². The fraction of sp³-hybridized carbons (Fsp3) is 0.429. The Kier molecular flexibility index (Phi) is 7.67. The Morgan fingerprint density at radius 2 is 1.90 bits per heavy atom. The lowest BCUT2D eigenvalue weighted by atomic mass is 10.2. The van der Waals surface area contributed by atoms with Gasteiger partial charge in [-0.25, -0.2) is 0 Å². The van der Waals surface area contributed by atoms with Gasteiger partial charge >= 0.3 is 8.80 Å². The molecule has 5 nitrogen and oxygen atoms in total. The summed E-state index contributed by atoms with van der Waals surface area (Å²) in [6.07, 6.45) is 1.71. The van der Waals surface area contributed by atoms with Crippen LogP contribution in [0.2, 0.25) is 0 Å². The van der Waals surface area contributed by atoms with Gasteiger partial charge in [0.25, 0.3) is 0 Å². The van der Waals surface area contributed by atoms with Crippen LogP contribution >= 0.6 is 0 Å². The van der Waals surface area contributed by atoms with Crippen molar-refractivity contribution in [3.8, 4) is 0 Å². The van der Waals surface area contributed by atoms with Crippen LogP contribution in [0.15, 0.2) is 36.0 Å². The predicted octanol–water partition coefficient (Wildman–Crippen LogP) is 1.38. The van der Waals surface area contributed by atoms with Gasteiger partial charge in [0.05, 0.1) is 12.8 Å². The number of hydrogen-bond acceptors (Lipinski definition) is 5. The van der Waals surface area contributed by atoms with Crippen LogP contribution in [0.4, 0.5) is 0 Å². The molecule has 0 radical (unpaired) electrons. The van der Waals surface area contributed by atoms with Crippen molar-refractivity contribution in [3.05, 3.63) is 41.6 Å². The average molecular weight is 296 g/mol. The molecular weight excluding hydrogens is 272 g/mol. The molecule has 1 rings (SSSR count). The van der Waals surface area contributed by atoms with Crippen LogP contribution in [-0.2, 0) is 13.3 Å². The van der Waals surface area contributed by atoms with Crippen LogP contribution < -0.4 is 11.1 Å². The molecule has 1 unspecified atom stereocenters. The first-order chi connectivity index (χ1) is 9.65. The molecule has 0 amide bonds. The summed E-state index contributed by atoms with van der Waals surface area (Å²) < 4.78 is 16.7. The maximum absolute atomic E-state index is 5.86. The third kappa shape index (κ3) is 5.54. The molecule has 0 bridgehead atoms. The van der Waals surface area contributed by atoms with E-state index in [1.807, 2.05) is 49.0 Å². The number of benzene rings is 1. The zero-order valence-electron chi connectivity index (χ0n) is 12.3. The van der Waals surface area contributed by atoms with Gasteiger partial charge in [0.15, 0.2) is 0 Å². The first kappa shape index (κ1) is 17.0. The van der Waals surface area contributed by atoms with Crippen LogP contribution in [0.1, 0.15) is 12.5 Å². The van der Waals surface area contributed by atoms with Gasteiger partial charge in [0, 0.05) is 14.2 Å². The molecule has 0 saturated heterocycles. The fourth-order valence-corrected chi connectivity index (χ4v) is 3.25. The Balaban J connectivity index is 2.68. The Hall–Kier alpha value is -1.02. The van der Waals surface area contributed by atoms with Crippen molar-refractivity contribution >= 4 is 14.9 Å². The molecule has 0 heterocycles. The molecule has 1 aromatic carbocycles. The quantitative estimate of drug-likeness (QED) is 0.532. The van der Waals surface area contributed by atoms with Gasteiger partial charge in [-0.3, -0.25) is 0 Å². The normalized spacial score (nSPS) is 13.8. The zero-order valence-corrected chi connectivity index (χ0v) is 13.3. The van der Waals surface area contributed by atoms with Crippen LogP contribution in [0.25, 0.3) is 6.08 Å². The van der Waals surface area contributed by atoms with E-state index in [0.29, 0.717) is 6.61 Å². The van der Waals surface area contributed by atoms with Crippen molar-refractivity contribution in [1.29, 1.82) is 0 Å². The number of hydrogen-bond donors (Lipinski definition) is 2. The van der Waals surface area contributed by atoms with E-state index >= 15 is 0 Å². The summed E-state index contributed by atoms with van der Waals surface area (Å²) in [5.74, 6) is 0. The standard InChI is InChI=1S/C14H24N2O3Si/c1-4-16-14(15)12-19-20(17-2,18-3)11-10-13-8-6-5-7-9-13/h5-11,14,16H,4,12,15H2,1-3H3. The topological polar surface area (TPSA) is 65.7 Å². The molecule has 0 fully saturated rings. The highest BCUT2D eigenvalue weighted by Crippen LogP contribution is 2.12. The molecule has 0 aliphatic carbocycles. The molecule has 0 aromatic heterocycles. The van der Waals surface area contributed by atoms with E-state index in [2.05, 4.69) is 5.32 Å². The second-order valence-electron chi connectivity index (χ2n) is 4.23. The molecule has 3 N–H and O–H groups in total. The third-order valence-electron chi connectivity index (χ3n) is 2.78. The summed E-state index contributed by atoms with van der Waals surface area (Å²) in [5.41, 5.74) is 8.79. The first-order valence-corrected chi connectivity index (χ1v) is 8.43. The highest BCUT2D eigenvalue weighted by molar-refractivity contribution is 6.66. The minimum atomic E-state index is -2.82. The molecule has 1 atom stereocenters. The smallest absolute Gasteiger partial charge is 0.374 e. The minimum Gasteiger partial charge on any atom is -0.374 e. The average Bonchev–Trinajstić information content (AvgIpc) is 2.49. The summed E-state index contributed by atoms with van der Waals surface area (Å²) in [6, 6.07) is 9.94. The van der Waals surface area contributed by atoms with Crippen molar-refractivity contribution in [3.63, 3.8) is 0 Å². The number of nitrogens with one attached hydrogen (secondary N) is 1. The molecular formula is C14H24N2O3Si. The van der Waals surface area contributed by atoms with Gasteiger partial charge in [-0.05, 0) is 17.8 Å². The maximum Gasteiger partial charge on any atom is 0.529 e. The second-order valence-corrected chi connectivity index (χ2v) is 6.88. The van der Waals surface area contributed by atoms with Gasteiger partial charge in [0.1, 0.15) is 0 Å². The van der Waals surface area contributed by atoms with Crippen molar-refractivity contribution < 1.29 is 13.3 Å². The summed E-state index contributed by atoms with van der Waals surface area (Å²) in [7, 11) is 0.356. The van der Waals surface area contributed by atoms with Crippen molar-refractivity contribution in [1.82, 2.24) is 5.32 Å². The minimum absolute atomic E-state index is 0.234. The Labute approximate surface area is 122 Å². The highest BCUT2D eigenvalue weighted by atomic mass is 28.4.